The quantitative estimate of drug-likeness (QED) is 0.601. The highest BCUT2D eigenvalue weighted by molar-refractivity contribution is 7.13. The number of hydrogen-bond acceptors (Lipinski definition) is 5. The van der Waals surface area contributed by atoms with E-state index in [1.165, 1.54) is 11.3 Å². The number of methoxy groups -OCH3 is 1. The van der Waals surface area contributed by atoms with Crippen LogP contribution < -0.4 is 10.1 Å². The molecule has 0 aliphatic carbocycles. The largest absolute Gasteiger partial charge is 0.497 e. The third kappa shape index (κ3) is 5.18. The van der Waals surface area contributed by atoms with Gasteiger partial charge in [0.1, 0.15) is 16.5 Å². The Morgan fingerprint density at radius 1 is 1.11 bits per heavy atom. The van der Waals surface area contributed by atoms with Gasteiger partial charge in [0.05, 0.1) is 19.8 Å². The van der Waals surface area contributed by atoms with Gasteiger partial charge in [-0.25, -0.2) is 4.98 Å². The van der Waals surface area contributed by atoms with Crippen LogP contribution in [0.3, 0.4) is 0 Å². The number of carbonyl (C=O) groups excluding carboxylic acids is 1. The number of aromatic nitrogens is 1. The molecule has 0 aliphatic rings. The lowest BCUT2D eigenvalue weighted by Crippen LogP contribution is -2.23. The monoisotopic (exact) mass is 396 g/mol. The second-order valence-electron chi connectivity index (χ2n) is 6.58. The van der Waals surface area contributed by atoms with E-state index < -0.39 is 0 Å². The number of nitrogens with zero attached hydrogens (tertiary/aromatic N) is 1. The zero-order chi connectivity index (χ0) is 19.9. The second kappa shape index (κ2) is 9.48. The van der Waals surface area contributed by atoms with Gasteiger partial charge in [0.25, 0.3) is 5.91 Å². The van der Waals surface area contributed by atoms with Crippen molar-refractivity contribution in [3.8, 4) is 16.3 Å². The summed E-state index contributed by atoms with van der Waals surface area (Å²) < 4.78 is 10.9. The van der Waals surface area contributed by atoms with Gasteiger partial charge in [-0.15, -0.1) is 11.3 Å². The first-order chi connectivity index (χ1) is 13.6. The summed E-state index contributed by atoms with van der Waals surface area (Å²) in [7, 11) is 1.63. The summed E-state index contributed by atoms with van der Waals surface area (Å²) in [5.41, 5.74) is 3.50. The number of carbonyl (C=O) groups is 1. The van der Waals surface area contributed by atoms with Crippen molar-refractivity contribution >= 4 is 17.2 Å². The maximum Gasteiger partial charge on any atom is 0.271 e. The number of benzene rings is 2. The molecule has 146 valence electrons. The van der Waals surface area contributed by atoms with Crippen LogP contribution in [0.2, 0.25) is 0 Å². The number of hydrogen-bond donors (Lipinski definition) is 1. The Morgan fingerprint density at radius 3 is 2.50 bits per heavy atom. The van der Waals surface area contributed by atoms with Gasteiger partial charge < -0.3 is 14.8 Å². The summed E-state index contributed by atoms with van der Waals surface area (Å²) in [6, 6.07) is 15.6. The third-order valence-electron chi connectivity index (χ3n) is 4.20. The standard InChI is InChI=1S/C22H24N2O3S/c1-15(2)27-13-18-7-5-4-6-17(18)12-23-21(25)20-14-28-22(24-20)16-8-10-19(26-3)11-9-16/h4-11,14-15H,12-13H2,1-3H3,(H,23,25). The summed E-state index contributed by atoms with van der Waals surface area (Å²) in [6.45, 7) is 4.98. The van der Waals surface area contributed by atoms with E-state index in [0.717, 1.165) is 27.4 Å². The lowest BCUT2D eigenvalue weighted by molar-refractivity contribution is 0.0651. The molecule has 0 aliphatic heterocycles. The molecule has 0 saturated carbocycles. The van der Waals surface area contributed by atoms with Crippen molar-refractivity contribution in [1.29, 1.82) is 0 Å². The van der Waals surface area contributed by atoms with Gasteiger partial charge in [0.15, 0.2) is 0 Å². The predicted molar refractivity (Wildman–Crippen MR) is 112 cm³/mol. The summed E-state index contributed by atoms with van der Waals surface area (Å²) in [5, 5.41) is 5.54. The Kier molecular flexibility index (Phi) is 6.79. The molecule has 1 aromatic heterocycles. The summed E-state index contributed by atoms with van der Waals surface area (Å²) >= 11 is 1.45. The average Bonchev–Trinajstić information content (AvgIpc) is 3.21. The highest BCUT2D eigenvalue weighted by Crippen LogP contribution is 2.25. The molecule has 0 radical (unpaired) electrons. The van der Waals surface area contributed by atoms with Gasteiger partial charge in [0.2, 0.25) is 0 Å². The molecule has 0 atom stereocenters. The van der Waals surface area contributed by atoms with Crippen molar-refractivity contribution in [2.75, 3.05) is 7.11 Å². The zero-order valence-corrected chi connectivity index (χ0v) is 17.1. The molecule has 0 fully saturated rings. The Bertz CT molecular complexity index is 920. The summed E-state index contributed by atoms with van der Waals surface area (Å²) in [6.07, 6.45) is 0.161. The van der Waals surface area contributed by atoms with Gasteiger partial charge in [-0.2, -0.15) is 0 Å². The van der Waals surface area contributed by atoms with Crippen molar-refractivity contribution < 1.29 is 14.3 Å². The van der Waals surface area contributed by atoms with E-state index in [9.17, 15) is 4.79 Å². The Hall–Kier alpha value is -2.70. The topological polar surface area (TPSA) is 60.5 Å². The van der Waals surface area contributed by atoms with Crippen LogP contribution in [-0.2, 0) is 17.9 Å². The van der Waals surface area contributed by atoms with Gasteiger partial charge in [-0.1, -0.05) is 24.3 Å². The summed E-state index contributed by atoms with van der Waals surface area (Å²) in [5.74, 6) is 0.606. The number of ether oxygens (including phenoxy) is 2. The molecule has 1 amide bonds. The van der Waals surface area contributed by atoms with Gasteiger partial charge >= 0.3 is 0 Å². The van der Waals surface area contributed by atoms with Crippen LogP contribution in [0, 0.1) is 0 Å². The first-order valence-corrected chi connectivity index (χ1v) is 10.0. The van der Waals surface area contributed by atoms with Crippen LogP contribution in [0.25, 0.3) is 10.6 Å². The fourth-order valence-electron chi connectivity index (χ4n) is 2.64. The van der Waals surface area contributed by atoms with Gasteiger partial charge in [-0.05, 0) is 49.2 Å². The van der Waals surface area contributed by atoms with Gasteiger partial charge in [-0.3, -0.25) is 4.79 Å². The van der Waals surface area contributed by atoms with Crippen molar-refractivity contribution in [2.24, 2.45) is 0 Å². The average molecular weight is 397 g/mol. The van der Waals surface area contributed by atoms with Crippen molar-refractivity contribution in [3.63, 3.8) is 0 Å². The van der Waals surface area contributed by atoms with Crippen molar-refractivity contribution in [3.05, 3.63) is 70.7 Å². The second-order valence-corrected chi connectivity index (χ2v) is 7.44. The van der Waals surface area contributed by atoms with Crippen LogP contribution in [-0.4, -0.2) is 24.1 Å². The van der Waals surface area contributed by atoms with Crippen LogP contribution in [0.1, 0.15) is 35.5 Å². The smallest absolute Gasteiger partial charge is 0.271 e. The van der Waals surface area contributed by atoms with E-state index in [0.29, 0.717) is 18.8 Å². The minimum Gasteiger partial charge on any atom is -0.497 e. The zero-order valence-electron chi connectivity index (χ0n) is 16.3. The molecule has 28 heavy (non-hydrogen) atoms. The van der Waals surface area contributed by atoms with E-state index in [1.54, 1.807) is 12.5 Å². The van der Waals surface area contributed by atoms with Crippen LogP contribution >= 0.6 is 11.3 Å². The number of thiazole rings is 1. The lowest BCUT2D eigenvalue weighted by Gasteiger charge is -2.12. The molecule has 2 aromatic carbocycles. The van der Waals surface area contributed by atoms with E-state index in [4.69, 9.17) is 9.47 Å². The van der Waals surface area contributed by atoms with Crippen LogP contribution in [0.5, 0.6) is 5.75 Å². The molecule has 0 unspecified atom stereocenters. The van der Waals surface area contributed by atoms with Crippen LogP contribution in [0.15, 0.2) is 53.9 Å². The predicted octanol–water partition coefficient (Wildman–Crippen LogP) is 4.67. The third-order valence-corrected chi connectivity index (χ3v) is 5.10. The fraction of sp³-hybridized carbons (Fsp3) is 0.273. The fourth-order valence-corrected chi connectivity index (χ4v) is 3.44. The number of amides is 1. The number of nitrogens with one attached hydrogen (secondary N) is 1. The molecule has 3 rings (SSSR count). The molecule has 0 saturated heterocycles. The molecule has 1 heterocycles. The van der Waals surface area contributed by atoms with Crippen molar-refractivity contribution in [1.82, 2.24) is 10.3 Å². The maximum atomic E-state index is 12.5. The number of rotatable bonds is 8. The van der Waals surface area contributed by atoms with Crippen LogP contribution in [0.4, 0.5) is 0 Å². The maximum absolute atomic E-state index is 12.5. The molecular weight excluding hydrogens is 372 g/mol. The first-order valence-electron chi connectivity index (χ1n) is 9.13. The first kappa shape index (κ1) is 20.0. The Morgan fingerprint density at radius 2 is 1.82 bits per heavy atom. The highest BCUT2D eigenvalue weighted by atomic mass is 32.1. The Labute approximate surface area is 169 Å². The minimum atomic E-state index is -0.185. The lowest BCUT2D eigenvalue weighted by atomic mass is 10.1. The molecule has 5 nitrogen and oxygen atoms in total. The summed E-state index contributed by atoms with van der Waals surface area (Å²) in [4.78, 5) is 17.0. The molecule has 3 aromatic rings. The minimum absolute atomic E-state index is 0.161. The van der Waals surface area contributed by atoms with Gasteiger partial charge in [0, 0.05) is 17.5 Å². The molecule has 0 spiro atoms. The van der Waals surface area contributed by atoms with E-state index >= 15 is 0 Å². The highest BCUT2D eigenvalue weighted by Gasteiger charge is 2.13. The molecular formula is C22H24N2O3S. The van der Waals surface area contributed by atoms with E-state index in [-0.39, 0.29) is 12.0 Å². The molecule has 0 bridgehead atoms. The SMILES string of the molecule is COc1ccc(-c2nc(C(=O)NCc3ccccc3COC(C)C)cs2)cc1. The molecule has 1 N–H and O–H groups in total. The Balaban J connectivity index is 1.64. The normalized spacial score (nSPS) is 10.9. The van der Waals surface area contributed by atoms with E-state index in [1.807, 2.05) is 62.4 Å². The van der Waals surface area contributed by atoms with E-state index in [2.05, 4.69) is 10.3 Å². The molecule has 6 heteroatoms. The van der Waals surface area contributed by atoms with Crippen molar-refractivity contribution in [2.45, 2.75) is 33.1 Å².